The molecule has 1 rings (SSSR count). The minimum absolute atomic E-state index is 0.169. The molecule has 0 bridgehead atoms. The van der Waals surface area contributed by atoms with E-state index < -0.39 is 5.54 Å². The standard InChI is InChI=1S/C11H22N2O/c1-9(2)8-13-11(10(12)14)6-4-3-5-7-11/h9,13H,3-8H2,1-2H3,(H2,12,14). The molecule has 0 radical (unpaired) electrons. The van der Waals surface area contributed by atoms with Crippen molar-refractivity contribution in [2.24, 2.45) is 11.7 Å². The van der Waals surface area contributed by atoms with Crippen LogP contribution in [0.4, 0.5) is 0 Å². The minimum Gasteiger partial charge on any atom is -0.368 e. The van der Waals surface area contributed by atoms with Crippen molar-refractivity contribution in [2.45, 2.75) is 51.5 Å². The molecule has 3 heteroatoms. The Labute approximate surface area is 86.4 Å². The number of hydrogen-bond donors (Lipinski definition) is 2. The highest BCUT2D eigenvalue weighted by atomic mass is 16.1. The second kappa shape index (κ2) is 4.78. The second-order valence-corrected chi connectivity index (χ2v) is 4.78. The minimum atomic E-state index is -0.400. The Balaban J connectivity index is 2.56. The molecule has 0 atom stereocenters. The number of carbonyl (C=O) groups excluding carboxylic acids is 1. The van der Waals surface area contributed by atoms with E-state index in [1.807, 2.05) is 0 Å². The molecule has 82 valence electrons. The van der Waals surface area contributed by atoms with Gasteiger partial charge in [-0.3, -0.25) is 4.79 Å². The highest BCUT2D eigenvalue weighted by Gasteiger charge is 2.37. The quantitative estimate of drug-likeness (QED) is 0.718. The molecule has 0 aromatic heterocycles. The van der Waals surface area contributed by atoms with E-state index in [0.29, 0.717) is 5.92 Å². The molecule has 1 saturated carbocycles. The van der Waals surface area contributed by atoms with E-state index in [0.717, 1.165) is 32.2 Å². The van der Waals surface area contributed by atoms with Crippen LogP contribution in [-0.2, 0) is 4.79 Å². The molecule has 3 N–H and O–H groups in total. The lowest BCUT2D eigenvalue weighted by Gasteiger charge is -2.35. The van der Waals surface area contributed by atoms with Gasteiger partial charge >= 0.3 is 0 Å². The van der Waals surface area contributed by atoms with Gasteiger partial charge in [-0.05, 0) is 25.3 Å². The van der Waals surface area contributed by atoms with Gasteiger partial charge in [0.1, 0.15) is 0 Å². The Morgan fingerprint density at radius 1 is 1.36 bits per heavy atom. The van der Waals surface area contributed by atoms with E-state index >= 15 is 0 Å². The molecule has 0 aliphatic heterocycles. The van der Waals surface area contributed by atoms with Crippen LogP contribution in [0.2, 0.25) is 0 Å². The number of nitrogens with two attached hydrogens (primary N) is 1. The normalized spacial score (nSPS) is 21.1. The van der Waals surface area contributed by atoms with Crippen LogP contribution in [0.1, 0.15) is 46.0 Å². The number of primary amides is 1. The molecule has 14 heavy (non-hydrogen) atoms. The van der Waals surface area contributed by atoms with Crippen LogP contribution in [0.15, 0.2) is 0 Å². The Kier molecular flexibility index (Phi) is 3.93. The summed E-state index contributed by atoms with van der Waals surface area (Å²) in [5, 5.41) is 3.36. The fraction of sp³-hybridized carbons (Fsp3) is 0.909. The summed E-state index contributed by atoms with van der Waals surface area (Å²) in [6, 6.07) is 0. The van der Waals surface area contributed by atoms with Crippen LogP contribution in [0.25, 0.3) is 0 Å². The molecule has 1 aliphatic rings. The van der Waals surface area contributed by atoms with Gasteiger partial charge in [0.25, 0.3) is 0 Å². The zero-order valence-corrected chi connectivity index (χ0v) is 9.31. The summed E-state index contributed by atoms with van der Waals surface area (Å²) in [6.45, 7) is 5.16. The Hall–Kier alpha value is -0.570. The van der Waals surface area contributed by atoms with Gasteiger partial charge in [-0.1, -0.05) is 33.1 Å². The van der Waals surface area contributed by atoms with E-state index in [-0.39, 0.29) is 5.91 Å². The fourth-order valence-corrected chi connectivity index (χ4v) is 2.07. The van der Waals surface area contributed by atoms with Crippen molar-refractivity contribution in [3.63, 3.8) is 0 Å². The largest absolute Gasteiger partial charge is 0.368 e. The lowest BCUT2D eigenvalue weighted by molar-refractivity contribution is -0.125. The van der Waals surface area contributed by atoms with Gasteiger partial charge in [0.15, 0.2) is 0 Å². The summed E-state index contributed by atoms with van der Waals surface area (Å²) in [4.78, 5) is 11.4. The Morgan fingerprint density at radius 3 is 2.36 bits per heavy atom. The van der Waals surface area contributed by atoms with E-state index in [1.165, 1.54) is 6.42 Å². The van der Waals surface area contributed by atoms with Crippen molar-refractivity contribution in [3.8, 4) is 0 Å². The van der Waals surface area contributed by atoms with Crippen molar-refractivity contribution in [2.75, 3.05) is 6.54 Å². The summed E-state index contributed by atoms with van der Waals surface area (Å²) in [5.41, 5.74) is 5.09. The molecular formula is C11H22N2O. The second-order valence-electron chi connectivity index (χ2n) is 4.78. The van der Waals surface area contributed by atoms with Gasteiger partial charge in [0, 0.05) is 0 Å². The van der Waals surface area contributed by atoms with E-state index in [4.69, 9.17) is 5.73 Å². The number of nitrogens with one attached hydrogen (secondary N) is 1. The molecule has 0 aromatic carbocycles. The Morgan fingerprint density at radius 2 is 1.93 bits per heavy atom. The van der Waals surface area contributed by atoms with Crippen LogP contribution in [0.3, 0.4) is 0 Å². The van der Waals surface area contributed by atoms with Crippen LogP contribution >= 0.6 is 0 Å². The van der Waals surface area contributed by atoms with E-state index in [2.05, 4.69) is 19.2 Å². The van der Waals surface area contributed by atoms with Crippen molar-refractivity contribution in [1.82, 2.24) is 5.32 Å². The first-order valence-electron chi connectivity index (χ1n) is 5.62. The number of amides is 1. The average molecular weight is 198 g/mol. The third kappa shape index (κ3) is 2.71. The van der Waals surface area contributed by atoms with Crippen LogP contribution in [0, 0.1) is 5.92 Å². The van der Waals surface area contributed by atoms with Gasteiger partial charge in [0.05, 0.1) is 5.54 Å². The maximum atomic E-state index is 11.4. The van der Waals surface area contributed by atoms with Crippen LogP contribution < -0.4 is 11.1 Å². The van der Waals surface area contributed by atoms with Crippen molar-refractivity contribution in [3.05, 3.63) is 0 Å². The smallest absolute Gasteiger partial charge is 0.237 e. The maximum absolute atomic E-state index is 11.4. The fourth-order valence-electron chi connectivity index (χ4n) is 2.07. The van der Waals surface area contributed by atoms with Crippen molar-refractivity contribution in [1.29, 1.82) is 0 Å². The van der Waals surface area contributed by atoms with Crippen LogP contribution in [-0.4, -0.2) is 18.0 Å². The first-order valence-corrected chi connectivity index (χ1v) is 5.62. The lowest BCUT2D eigenvalue weighted by Crippen LogP contribution is -2.57. The predicted octanol–water partition coefficient (Wildman–Crippen LogP) is 1.42. The third-order valence-corrected chi connectivity index (χ3v) is 3.03. The van der Waals surface area contributed by atoms with Gasteiger partial charge in [0.2, 0.25) is 5.91 Å². The number of rotatable bonds is 4. The molecule has 0 heterocycles. The summed E-state index contributed by atoms with van der Waals surface area (Å²) < 4.78 is 0. The van der Waals surface area contributed by atoms with Crippen molar-refractivity contribution < 1.29 is 4.79 Å². The van der Waals surface area contributed by atoms with E-state index in [1.54, 1.807) is 0 Å². The molecule has 1 fully saturated rings. The summed E-state index contributed by atoms with van der Waals surface area (Å²) in [7, 11) is 0. The van der Waals surface area contributed by atoms with Gasteiger partial charge in [-0.15, -0.1) is 0 Å². The zero-order valence-electron chi connectivity index (χ0n) is 9.31. The van der Waals surface area contributed by atoms with E-state index in [9.17, 15) is 4.79 Å². The predicted molar refractivity (Wildman–Crippen MR) is 57.9 cm³/mol. The highest BCUT2D eigenvalue weighted by molar-refractivity contribution is 5.84. The maximum Gasteiger partial charge on any atom is 0.237 e. The Bertz CT molecular complexity index is 195. The lowest BCUT2D eigenvalue weighted by atomic mass is 9.81. The molecule has 0 unspecified atom stereocenters. The van der Waals surface area contributed by atoms with Crippen molar-refractivity contribution >= 4 is 5.91 Å². The third-order valence-electron chi connectivity index (χ3n) is 3.03. The molecule has 3 nitrogen and oxygen atoms in total. The highest BCUT2D eigenvalue weighted by Crippen LogP contribution is 2.27. The van der Waals surface area contributed by atoms with Gasteiger partial charge in [-0.2, -0.15) is 0 Å². The van der Waals surface area contributed by atoms with Gasteiger partial charge < -0.3 is 11.1 Å². The summed E-state index contributed by atoms with van der Waals surface area (Å²) in [6.07, 6.45) is 5.30. The number of carbonyl (C=O) groups is 1. The molecule has 1 amide bonds. The molecule has 0 aromatic rings. The molecular weight excluding hydrogens is 176 g/mol. The SMILES string of the molecule is CC(C)CNC1(C(N)=O)CCCCC1. The topological polar surface area (TPSA) is 55.1 Å². The molecule has 0 saturated heterocycles. The van der Waals surface area contributed by atoms with Gasteiger partial charge in [-0.25, -0.2) is 0 Å². The summed E-state index contributed by atoms with van der Waals surface area (Å²) in [5.74, 6) is 0.394. The van der Waals surface area contributed by atoms with Crippen LogP contribution in [0.5, 0.6) is 0 Å². The number of hydrogen-bond acceptors (Lipinski definition) is 2. The monoisotopic (exact) mass is 198 g/mol. The molecule has 0 spiro atoms. The first kappa shape index (κ1) is 11.5. The first-order chi connectivity index (χ1) is 6.57. The summed E-state index contributed by atoms with van der Waals surface area (Å²) >= 11 is 0. The average Bonchev–Trinajstić information content (AvgIpc) is 2.16. The zero-order chi connectivity index (χ0) is 10.6. The molecule has 1 aliphatic carbocycles.